The molecule has 0 aliphatic heterocycles. The lowest BCUT2D eigenvalue weighted by molar-refractivity contribution is -0.112. The Hall–Kier alpha value is -2.63. The average molecular weight is 449 g/mol. The lowest BCUT2D eigenvalue weighted by Gasteiger charge is -2.07. The number of nitriles is 1. The van der Waals surface area contributed by atoms with Crippen molar-refractivity contribution in [2.24, 2.45) is 0 Å². The molecule has 0 aliphatic rings. The molecule has 140 valence electrons. The molecule has 0 fully saturated rings. The number of halogens is 1. The highest BCUT2D eigenvalue weighted by Crippen LogP contribution is 2.33. The lowest BCUT2D eigenvalue weighted by Crippen LogP contribution is -2.16. The second-order valence-corrected chi connectivity index (χ2v) is 7.68. The zero-order valence-corrected chi connectivity index (χ0v) is 17.3. The van der Waals surface area contributed by atoms with Crippen molar-refractivity contribution < 1.29 is 19.4 Å². The predicted octanol–water partition coefficient (Wildman–Crippen LogP) is 4.56. The first kappa shape index (κ1) is 20.7. The maximum absolute atomic E-state index is 12.6. The first-order valence-corrected chi connectivity index (χ1v) is 9.58. The van der Waals surface area contributed by atoms with Crippen molar-refractivity contribution >= 4 is 50.2 Å². The van der Waals surface area contributed by atoms with Crippen LogP contribution in [0.15, 0.2) is 28.2 Å². The van der Waals surface area contributed by atoms with Gasteiger partial charge in [0.15, 0.2) is 0 Å². The Kier molecular flexibility index (Phi) is 6.77. The first-order chi connectivity index (χ1) is 12.8. The number of nitrogens with one attached hydrogen (secondary N) is 1. The molecule has 2 rings (SSSR count). The number of amides is 1. The van der Waals surface area contributed by atoms with Crippen LogP contribution >= 0.6 is 27.3 Å². The number of phenolic OH excluding ortho intramolecular Hbond substituents is 1. The number of nitrogens with zero attached hydrogens (tertiary/aromatic N) is 1. The molecule has 0 radical (unpaired) electrons. The van der Waals surface area contributed by atoms with Gasteiger partial charge in [-0.05, 0) is 50.6 Å². The van der Waals surface area contributed by atoms with E-state index in [-0.39, 0.29) is 23.5 Å². The van der Waals surface area contributed by atoms with Crippen LogP contribution in [0.3, 0.4) is 0 Å². The van der Waals surface area contributed by atoms with E-state index in [0.717, 1.165) is 10.4 Å². The molecule has 27 heavy (non-hydrogen) atoms. The number of aromatic hydroxyl groups is 1. The summed E-state index contributed by atoms with van der Waals surface area (Å²) in [5, 5.41) is 22.2. The second-order valence-electron chi connectivity index (χ2n) is 5.53. The molecule has 1 heterocycles. The number of rotatable bonds is 5. The van der Waals surface area contributed by atoms with Gasteiger partial charge in [-0.25, -0.2) is 4.79 Å². The number of ether oxygens (including phenoxy) is 1. The Morgan fingerprint density at radius 3 is 2.74 bits per heavy atom. The van der Waals surface area contributed by atoms with E-state index in [2.05, 4.69) is 21.2 Å². The van der Waals surface area contributed by atoms with E-state index < -0.39 is 11.9 Å². The normalized spacial score (nSPS) is 11.0. The zero-order valence-electron chi connectivity index (χ0n) is 14.9. The molecule has 1 aromatic heterocycles. The van der Waals surface area contributed by atoms with E-state index in [1.54, 1.807) is 26.0 Å². The van der Waals surface area contributed by atoms with Crippen molar-refractivity contribution in [3.05, 3.63) is 49.8 Å². The lowest BCUT2D eigenvalue weighted by atomic mass is 10.1. The summed E-state index contributed by atoms with van der Waals surface area (Å²) in [7, 11) is 0. The molecule has 0 saturated heterocycles. The summed E-state index contributed by atoms with van der Waals surface area (Å²) >= 11 is 4.51. The molecule has 1 aromatic carbocycles. The van der Waals surface area contributed by atoms with Crippen molar-refractivity contribution in [1.82, 2.24) is 0 Å². The highest BCUT2D eigenvalue weighted by molar-refractivity contribution is 9.10. The fourth-order valence-corrected chi connectivity index (χ4v) is 3.70. The summed E-state index contributed by atoms with van der Waals surface area (Å²) in [6, 6.07) is 6.50. The predicted molar refractivity (Wildman–Crippen MR) is 108 cm³/mol. The zero-order chi connectivity index (χ0) is 20.1. The minimum absolute atomic E-state index is 0.0613. The summed E-state index contributed by atoms with van der Waals surface area (Å²) in [6.45, 7) is 5.52. The molecule has 2 aromatic rings. The van der Waals surface area contributed by atoms with Crippen molar-refractivity contribution in [3.8, 4) is 11.8 Å². The smallest absolute Gasteiger partial charge is 0.341 e. The number of thiophene rings is 1. The molecule has 0 spiro atoms. The standard InChI is InChI=1S/C19H17BrN2O4S/c1-4-26-19(25)16-10(2)11(3)27-18(16)22-17(24)13(9-21)7-12-8-14(20)5-6-15(12)23/h5-8,23H,4H2,1-3H3,(H,22,24). The third-order valence-corrected chi connectivity index (χ3v) is 5.36. The highest BCUT2D eigenvalue weighted by atomic mass is 79.9. The molecule has 0 unspecified atom stereocenters. The minimum Gasteiger partial charge on any atom is -0.507 e. The number of carbonyl (C=O) groups excluding carboxylic acids is 2. The van der Waals surface area contributed by atoms with E-state index >= 15 is 0 Å². The SMILES string of the molecule is CCOC(=O)c1c(NC(=O)C(C#N)=Cc2cc(Br)ccc2O)sc(C)c1C. The van der Waals surface area contributed by atoms with Crippen LogP contribution < -0.4 is 5.32 Å². The van der Waals surface area contributed by atoms with Crippen LogP contribution in [0, 0.1) is 25.2 Å². The Bertz CT molecular complexity index is 973. The van der Waals surface area contributed by atoms with Crippen LogP contribution in [-0.2, 0) is 9.53 Å². The summed E-state index contributed by atoms with van der Waals surface area (Å²) in [5.41, 5.74) is 1.12. The van der Waals surface area contributed by atoms with Gasteiger partial charge in [0.2, 0.25) is 0 Å². The highest BCUT2D eigenvalue weighted by Gasteiger charge is 2.23. The third-order valence-electron chi connectivity index (χ3n) is 3.75. The minimum atomic E-state index is -0.677. The Morgan fingerprint density at radius 2 is 2.11 bits per heavy atom. The van der Waals surface area contributed by atoms with E-state index in [0.29, 0.717) is 15.0 Å². The van der Waals surface area contributed by atoms with Crippen molar-refractivity contribution in [2.75, 3.05) is 11.9 Å². The van der Waals surface area contributed by atoms with E-state index in [9.17, 15) is 20.0 Å². The van der Waals surface area contributed by atoms with Crippen LogP contribution in [0.1, 0.15) is 33.3 Å². The van der Waals surface area contributed by atoms with Gasteiger partial charge in [-0.2, -0.15) is 5.26 Å². The maximum Gasteiger partial charge on any atom is 0.341 e. The number of benzene rings is 1. The van der Waals surface area contributed by atoms with Gasteiger partial charge in [-0.3, -0.25) is 4.79 Å². The van der Waals surface area contributed by atoms with Gasteiger partial charge < -0.3 is 15.2 Å². The summed E-state index contributed by atoms with van der Waals surface area (Å²) in [5.74, 6) is -1.26. The number of anilines is 1. The van der Waals surface area contributed by atoms with Gasteiger partial charge in [0.05, 0.1) is 12.2 Å². The number of carbonyl (C=O) groups is 2. The van der Waals surface area contributed by atoms with Crippen LogP contribution in [-0.4, -0.2) is 23.6 Å². The van der Waals surface area contributed by atoms with Crippen LogP contribution in [0.4, 0.5) is 5.00 Å². The van der Waals surface area contributed by atoms with E-state index in [1.807, 2.05) is 13.0 Å². The number of hydrogen-bond acceptors (Lipinski definition) is 6. The Labute approximate surface area is 169 Å². The molecule has 6 nitrogen and oxygen atoms in total. The fraction of sp³-hybridized carbons (Fsp3) is 0.211. The van der Waals surface area contributed by atoms with Gasteiger partial charge >= 0.3 is 5.97 Å². The van der Waals surface area contributed by atoms with Crippen LogP contribution in [0.5, 0.6) is 5.75 Å². The summed E-state index contributed by atoms with van der Waals surface area (Å²) in [4.78, 5) is 25.6. The number of esters is 1. The molecule has 0 aliphatic carbocycles. The van der Waals surface area contributed by atoms with Crippen LogP contribution in [0.25, 0.3) is 6.08 Å². The molecular formula is C19H17BrN2O4S. The summed E-state index contributed by atoms with van der Waals surface area (Å²) in [6.07, 6.45) is 1.28. The quantitative estimate of drug-likeness (QED) is 0.396. The largest absolute Gasteiger partial charge is 0.507 e. The molecular weight excluding hydrogens is 432 g/mol. The van der Waals surface area contributed by atoms with Crippen molar-refractivity contribution in [3.63, 3.8) is 0 Å². The summed E-state index contributed by atoms with van der Waals surface area (Å²) < 4.78 is 5.75. The third kappa shape index (κ3) is 4.76. The molecule has 1 amide bonds. The number of phenols is 1. The van der Waals surface area contributed by atoms with E-state index in [1.165, 1.54) is 23.5 Å². The fourth-order valence-electron chi connectivity index (χ4n) is 2.28. The molecule has 8 heteroatoms. The van der Waals surface area contributed by atoms with Crippen LogP contribution in [0.2, 0.25) is 0 Å². The molecule has 0 bridgehead atoms. The van der Waals surface area contributed by atoms with Gasteiger partial charge in [0.1, 0.15) is 22.4 Å². The first-order valence-electron chi connectivity index (χ1n) is 7.97. The maximum atomic E-state index is 12.6. The Balaban J connectivity index is 2.37. The second kappa shape index (κ2) is 8.84. The van der Waals surface area contributed by atoms with Crippen molar-refractivity contribution in [1.29, 1.82) is 5.26 Å². The number of hydrogen-bond donors (Lipinski definition) is 2. The molecule has 0 atom stereocenters. The Morgan fingerprint density at radius 1 is 1.41 bits per heavy atom. The molecule has 2 N–H and O–H groups in total. The van der Waals surface area contributed by atoms with Gasteiger partial charge in [-0.1, -0.05) is 15.9 Å². The van der Waals surface area contributed by atoms with Gasteiger partial charge in [-0.15, -0.1) is 11.3 Å². The molecule has 0 saturated carbocycles. The van der Waals surface area contributed by atoms with Gasteiger partial charge in [0.25, 0.3) is 5.91 Å². The monoisotopic (exact) mass is 448 g/mol. The van der Waals surface area contributed by atoms with Gasteiger partial charge in [0, 0.05) is 14.9 Å². The number of aryl methyl sites for hydroxylation is 1. The van der Waals surface area contributed by atoms with E-state index in [4.69, 9.17) is 4.74 Å². The topological polar surface area (TPSA) is 99.4 Å². The average Bonchev–Trinajstić information content (AvgIpc) is 2.89. The van der Waals surface area contributed by atoms with Crippen molar-refractivity contribution in [2.45, 2.75) is 20.8 Å².